The summed E-state index contributed by atoms with van der Waals surface area (Å²) in [6.45, 7) is 12.5. The predicted molar refractivity (Wildman–Crippen MR) is 107 cm³/mol. The van der Waals surface area contributed by atoms with E-state index >= 15 is 0 Å². The summed E-state index contributed by atoms with van der Waals surface area (Å²) in [5.74, 6) is 0. The minimum absolute atomic E-state index is 0.886. The molecular formula is C20H28N2OP+. The lowest BCUT2D eigenvalue weighted by atomic mass is 10.3. The molecular weight excluding hydrogens is 315 g/mol. The number of anilines is 2. The molecule has 0 amide bonds. The number of hydrogen-bond acceptors (Lipinski definition) is 3. The second-order valence-corrected chi connectivity index (χ2v) is 7.29. The van der Waals surface area contributed by atoms with Gasteiger partial charge in [0.2, 0.25) is 0 Å². The molecule has 0 bridgehead atoms. The summed E-state index contributed by atoms with van der Waals surface area (Å²) < 4.78 is 12.8. The number of rotatable bonds is 8. The molecule has 0 spiro atoms. The van der Waals surface area contributed by atoms with E-state index in [1.54, 1.807) is 0 Å². The zero-order valence-electron chi connectivity index (χ0n) is 15.2. The Morgan fingerprint density at radius 3 is 1.17 bits per heavy atom. The Morgan fingerprint density at radius 2 is 0.917 bits per heavy atom. The van der Waals surface area contributed by atoms with Crippen LogP contribution in [-0.4, -0.2) is 26.2 Å². The van der Waals surface area contributed by atoms with Gasteiger partial charge in [0, 0.05) is 37.6 Å². The number of benzene rings is 2. The zero-order valence-corrected chi connectivity index (χ0v) is 16.1. The highest BCUT2D eigenvalue weighted by Crippen LogP contribution is 2.23. The molecule has 0 radical (unpaired) electrons. The van der Waals surface area contributed by atoms with E-state index in [2.05, 4.69) is 61.8 Å². The van der Waals surface area contributed by atoms with Crippen LogP contribution in [0.3, 0.4) is 0 Å². The lowest BCUT2D eigenvalue weighted by Gasteiger charge is -2.20. The van der Waals surface area contributed by atoms with Gasteiger partial charge < -0.3 is 9.80 Å². The summed E-state index contributed by atoms with van der Waals surface area (Å²) in [6.07, 6.45) is 0. The van der Waals surface area contributed by atoms with Crippen LogP contribution < -0.4 is 20.4 Å². The second kappa shape index (κ2) is 8.84. The summed E-state index contributed by atoms with van der Waals surface area (Å²) in [5, 5.41) is 1.77. The first kappa shape index (κ1) is 18.5. The fourth-order valence-electron chi connectivity index (χ4n) is 2.92. The Balaban J connectivity index is 2.16. The van der Waals surface area contributed by atoms with E-state index in [0.717, 1.165) is 36.8 Å². The highest BCUT2D eigenvalue weighted by atomic mass is 31.1. The molecule has 0 unspecified atom stereocenters. The average molecular weight is 343 g/mol. The summed E-state index contributed by atoms with van der Waals surface area (Å²) in [7, 11) is -1.54. The normalized spacial score (nSPS) is 10.5. The van der Waals surface area contributed by atoms with Gasteiger partial charge in [-0.15, -0.1) is 0 Å². The van der Waals surface area contributed by atoms with Crippen LogP contribution in [0.5, 0.6) is 0 Å². The molecule has 0 N–H and O–H groups in total. The minimum Gasteiger partial charge on any atom is -0.372 e. The third kappa shape index (κ3) is 4.15. The Morgan fingerprint density at radius 1 is 0.625 bits per heavy atom. The van der Waals surface area contributed by atoms with Gasteiger partial charge in [-0.25, -0.2) is 0 Å². The maximum atomic E-state index is 12.8. The van der Waals surface area contributed by atoms with E-state index in [4.69, 9.17) is 0 Å². The van der Waals surface area contributed by atoms with Crippen LogP contribution in [0.1, 0.15) is 27.7 Å². The second-order valence-electron chi connectivity index (χ2n) is 5.67. The van der Waals surface area contributed by atoms with Crippen molar-refractivity contribution in [1.82, 2.24) is 0 Å². The Labute approximate surface area is 147 Å². The van der Waals surface area contributed by atoms with Crippen LogP contribution in [-0.2, 0) is 4.57 Å². The van der Waals surface area contributed by atoms with Crippen LogP contribution in [0.2, 0.25) is 0 Å². The zero-order chi connectivity index (χ0) is 17.5. The first-order chi connectivity index (χ1) is 11.6. The van der Waals surface area contributed by atoms with Crippen LogP contribution in [0.25, 0.3) is 0 Å². The summed E-state index contributed by atoms with van der Waals surface area (Å²) in [4.78, 5) is 4.57. The first-order valence-corrected chi connectivity index (χ1v) is 10.1. The van der Waals surface area contributed by atoms with Crippen LogP contribution >= 0.6 is 7.80 Å². The van der Waals surface area contributed by atoms with Crippen molar-refractivity contribution >= 4 is 29.8 Å². The third-order valence-corrected chi connectivity index (χ3v) is 5.96. The topological polar surface area (TPSA) is 23.6 Å². The molecule has 3 nitrogen and oxygen atoms in total. The Kier molecular flexibility index (Phi) is 6.81. The van der Waals surface area contributed by atoms with E-state index in [0.29, 0.717) is 0 Å². The highest BCUT2D eigenvalue weighted by Gasteiger charge is 2.23. The van der Waals surface area contributed by atoms with Gasteiger partial charge in [0.15, 0.2) is 10.6 Å². The average Bonchev–Trinajstić information content (AvgIpc) is 2.64. The summed E-state index contributed by atoms with van der Waals surface area (Å²) in [6, 6.07) is 16.2. The third-order valence-electron chi connectivity index (χ3n) is 4.43. The van der Waals surface area contributed by atoms with Crippen molar-refractivity contribution < 1.29 is 4.57 Å². The molecule has 0 heterocycles. The van der Waals surface area contributed by atoms with Gasteiger partial charge >= 0.3 is 7.80 Å². The van der Waals surface area contributed by atoms with Gasteiger partial charge in [0.05, 0.1) is 0 Å². The lowest BCUT2D eigenvalue weighted by molar-refractivity contribution is 0.598. The molecule has 0 fully saturated rings. The maximum absolute atomic E-state index is 12.8. The Bertz CT molecular complexity index is 587. The van der Waals surface area contributed by atoms with Crippen molar-refractivity contribution in [2.45, 2.75) is 27.7 Å². The predicted octanol–water partition coefficient (Wildman–Crippen LogP) is 4.16. The lowest BCUT2D eigenvalue weighted by Crippen LogP contribution is -2.22. The molecule has 128 valence electrons. The van der Waals surface area contributed by atoms with Gasteiger partial charge in [-0.05, 0) is 76.2 Å². The van der Waals surface area contributed by atoms with Crippen LogP contribution in [0, 0.1) is 0 Å². The van der Waals surface area contributed by atoms with E-state index in [-0.39, 0.29) is 0 Å². The SMILES string of the molecule is CCN(CC)c1ccc([P+](=O)c2ccc(N(CC)CC)cc2)cc1. The van der Waals surface area contributed by atoms with Gasteiger partial charge in [-0.3, -0.25) is 0 Å². The van der Waals surface area contributed by atoms with Crippen LogP contribution in [0.15, 0.2) is 48.5 Å². The van der Waals surface area contributed by atoms with Crippen molar-refractivity contribution in [1.29, 1.82) is 0 Å². The van der Waals surface area contributed by atoms with Gasteiger partial charge in [-0.2, -0.15) is 0 Å². The van der Waals surface area contributed by atoms with Gasteiger partial charge in [0.25, 0.3) is 0 Å². The summed E-state index contributed by atoms with van der Waals surface area (Å²) in [5.41, 5.74) is 2.37. The molecule has 2 aromatic rings. The fraction of sp³-hybridized carbons (Fsp3) is 0.400. The molecule has 0 atom stereocenters. The quantitative estimate of drug-likeness (QED) is 0.673. The minimum atomic E-state index is -1.54. The van der Waals surface area contributed by atoms with E-state index < -0.39 is 7.80 Å². The smallest absolute Gasteiger partial charge is 0.372 e. The first-order valence-electron chi connectivity index (χ1n) is 8.81. The molecule has 0 saturated carbocycles. The van der Waals surface area contributed by atoms with Gasteiger partial charge in [0.1, 0.15) is 0 Å². The molecule has 2 aromatic carbocycles. The molecule has 4 heteroatoms. The van der Waals surface area contributed by atoms with Crippen LogP contribution in [0.4, 0.5) is 11.4 Å². The van der Waals surface area contributed by atoms with E-state index in [1.165, 1.54) is 11.4 Å². The molecule has 24 heavy (non-hydrogen) atoms. The van der Waals surface area contributed by atoms with Crippen molar-refractivity contribution in [3.63, 3.8) is 0 Å². The monoisotopic (exact) mass is 343 g/mol. The number of nitrogens with zero attached hydrogens (tertiary/aromatic N) is 2. The molecule has 0 saturated heterocycles. The van der Waals surface area contributed by atoms with Gasteiger partial charge in [-0.1, -0.05) is 4.57 Å². The maximum Gasteiger partial charge on any atom is 0.415 e. The standard InChI is InChI=1S/C20H28N2OP/c1-5-21(6-2)17-9-13-19(14-10-17)24(23)20-15-11-18(12-16-20)22(7-3)8-4/h9-16H,5-8H2,1-4H3/q+1. The molecule has 0 aliphatic carbocycles. The van der Waals surface area contributed by atoms with Crippen molar-refractivity contribution in [2.75, 3.05) is 36.0 Å². The molecule has 0 aromatic heterocycles. The van der Waals surface area contributed by atoms with Crippen molar-refractivity contribution in [2.24, 2.45) is 0 Å². The number of hydrogen-bond donors (Lipinski definition) is 0. The molecule has 0 aliphatic rings. The fourth-order valence-corrected chi connectivity index (χ4v) is 4.06. The molecule has 0 aliphatic heterocycles. The van der Waals surface area contributed by atoms with Crippen molar-refractivity contribution in [3.8, 4) is 0 Å². The summed E-state index contributed by atoms with van der Waals surface area (Å²) >= 11 is 0. The Hall–Kier alpha value is -1.86. The van der Waals surface area contributed by atoms with E-state index in [1.807, 2.05) is 24.3 Å². The molecule has 2 rings (SSSR count). The highest BCUT2D eigenvalue weighted by molar-refractivity contribution is 7.61. The van der Waals surface area contributed by atoms with Crippen molar-refractivity contribution in [3.05, 3.63) is 48.5 Å². The van der Waals surface area contributed by atoms with E-state index in [9.17, 15) is 4.57 Å². The largest absolute Gasteiger partial charge is 0.415 e.